The standard InChI is InChI=1S/C16H24FN/c1-16(2,3)11-13-6-7-15(17)10-14(13)12-18-8-4-5-9-18/h6-7,10H,4-5,8-9,11-12H2,1-3H3. The number of hydrogen-bond acceptors (Lipinski definition) is 1. The summed E-state index contributed by atoms with van der Waals surface area (Å²) in [4.78, 5) is 2.43. The Hall–Kier alpha value is -0.890. The molecule has 1 nitrogen and oxygen atoms in total. The summed E-state index contributed by atoms with van der Waals surface area (Å²) in [7, 11) is 0. The Morgan fingerprint density at radius 1 is 1.11 bits per heavy atom. The minimum Gasteiger partial charge on any atom is -0.299 e. The average molecular weight is 249 g/mol. The highest BCUT2D eigenvalue weighted by molar-refractivity contribution is 5.29. The van der Waals surface area contributed by atoms with Gasteiger partial charge in [0.25, 0.3) is 0 Å². The van der Waals surface area contributed by atoms with Gasteiger partial charge in [-0.3, -0.25) is 4.90 Å². The molecule has 1 aromatic carbocycles. The number of benzene rings is 1. The van der Waals surface area contributed by atoms with Crippen molar-refractivity contribution in [3.8, 4) is 0 Å². The van der Waals surface area contributed by atoms with Gasteiger partial charge >= 0.3 is 0 Å². The van der Waals surface area contributed by atoms with Gasteiger partial charge in [-0.25, -0.2) is 4.39 Å². The number of halogens is 1. The first-order chi connectivity index (χ1) is 8.44. The molecule has 1 aromatic rings. The van der Waals surface area contributed by atoms with E-state index in [2.05, 4.69) is 25.7 Å². The maximum Gasteiger partial charge on any atom is 0.123 e. The number of nitrogens with zero attached hydrogens (tertiary/aromatic N) is 1. The second kappa shape index (κ2) is 5.40. The molecule has 1 aliphatic rings. The largest absolute Gasteiger partial charge is 0.299 e. The molecule has 0 atom stereocenters. The summed E-state index contributed by atoms with van der Waals surface area (Å²) in [6, 6.07) is 5.28. The molecule has 100 valence electrons. The fraction of sp³-hybridized carbons (Fsp3) is 0.625. The molecule has 0 spiro atoms. The zero-order valence-electron chi connectivity index (χ0n) is 11.8. The van der Waals surface area contributed by atoms with Crippen LogP contribution in [0.3, 0.4) is 0 Å². The third-order valence-electron chi connectivity index (χ3n) is 3.48. The first kappa shape index (κ1) is 13.5. The zero-order valence-corrected chi connectivity index (χ0v) is 11.8. The van der Waals surface area contributed by atoms with E-state index in [1.165, 1.54) is 24.0 Å². The molecule has 1 saturated heterocycles. The van der Waals surface area contributed by atoms with Crippen LogP contribution in [0.25, 0.3) is 0 Å². The van der Waals surface area contributed by atoms with Crippen molar-refractivity contribution in [2.75, 3.05) is 13.1 Å². The molecular weight excluding hydrogens is 225 g/mol. The van der Waals surface area contributed by atoms with Crippen LogP contribution in [0.4, 0.5) is 4.39 Å². The molecule has 0 unspecified atom stereocenters. The van der Waals surface area contributed by atoms with Crippen LogP contribution >= 0.6 is 0 Å². The molecule has 0 aliphatic carbocycles. The summed E-state index contributed by atoms with van der Waals surface area (Å²) in [6.07, 6.45) is 3.57. The molecule has 0 aromatic heterocycles. The van der Waals surface area contributed by atoms with Crippen molar-refractivity contribution in [2.24, 2.45) is 5.41 Å². The highest BCUT2D eigenvalue weighted by atomic mass is 19.1. The Bertz CT molecular complexity index is 400. The summed E-state index contributed by atoms with van der Waals surface area (Å²) >= 11 is 0. The van der Waals surface area contributed by atoms with Crippen molar-refractivity contribution in [1.82, 2.24) is 4.90 Å². The molecule has 0 saturated carbocycles. The number of rotatable bonds is 3. The monoisotopic (exact) mass is 249 g/mol. The third kappa shape index (κ3) is 3.81. The van der Waals surface area contributed by atoms with Crippen LogP contribution in [0.5, 0.6) is 0 Å². The summed E-state index contributed by atoms with van der Waals surface area (Å²) in [5, 5.41) is 0. The molecule has 0 amide bonds. The van der Waals surface area contributed by atoms with E-state index >= 15 is 0 Å². The van der Waals surface area contributed by atoms with Crippen molar-refractivity contribution in [1.29, 1.82) is 0 Å². The Morgan fingerprint density at radius 2 is 1.78 bits per heavy atom. The van der Waals surface area contributed by atoms with Crippen molar-refractivity contribution in [2.45, 2.75) is 46.6 Å². The Balaban J connectivity index is 2.17. The molecule has 0 radical (unpaired) electrons. The van der Waals surface area contributed by atoms with E-state index in [-0.39, 0.29) is 11.2 Å². The molecule has 1 heterocycles. The lowest BCUT2D eigenvalue weighted by molar-refractivity contribution is 0.327. The minimum absolute atomic E-state index is 0.109. The van der Waals surface area contributed by atoms with Crippen LogP contribution in [0.15, 0.2) is 18.2 Å². The number of hydrogen-bond donors (Lipinski definition) is 0. The molecule has 0 bridgehead atoms. The van der Waals surface area contributed by atoms with Gasteiger partial charge in [-0.15, -0.1) is 0 Å². The zero-order chi connectivity index (χ0) is 13.2. The van der Waals surface area contributed by atoms with Gasteiger partial charge in [-0.2, -0.15) is 0 Å². The van der Waals surface area contributed by atoms with Gasteiger partial charge in [0.1, 0.15) is 5.82 Å². The van der Waals surface area contributed by atoms with E-state index in [4.69, 9.17) is 0 Å². The van der Waals surface area contributed by atoms with Crippen molar-refractivity contribution < 1.29 is 4.39 Å². The fourth-order valence-electron chi connectivity index (χ4n) is 2.67. The van der Waals surface area contributed by atoms with Crippen molar-refractivity contribution in [3.63, 3.8) is 0 Å². The van der Waals surface area contributed by atoms with Crippen molar-refractivity contribution >= 4 is 0 Å². The lowest BCUT2D eigenvalue weighted by Gasteiger charge is -2.23. The summed E-state index contributed by atoms with van der Waals surface area (Å²) < 4.78 is 13.4. The van der Waals surface area contributed by atoms with Crippen molar-refractivity contribution in [3.05, 3.63) is 35.1 Å². The quantitative estimate of drug-likeness (QED) is 0.782. The lowest BCUT2D eigenvalue weighted by Crippen LogP contribution is -2.20. The maximum atomic E-state index is 13.4. The smallest absolute Gasteiger partial charge is 0.123 e. The van der Waals surface area contributed by atoms with E-state index in [1.54, 1.807) is 12.1 Å². The molecule has 2 heteroatoms. The van der Waals surface area contributed by atoms with Crippen LogP contribution in [0.2, 0.25) is 0 Å². The Labute approximate surface area is 110 Å². The van der Waals surface area contributed by atoms with Gasteiger partial charge in [-0.05, 0) is 61.0 Å². The molecule has 18 heavy (non-hydrogen) atoms. The van der Waals surface area contributed by atoms with Crippen LogP contribution < -0.4 is 0 Å². The third-order valence-corrected chi connectivity index (χ3v) is 3.48. The first-order valence-corrected chi connectivity index (χ1v) is 6.94. The SMILES string of the molecule is CC(C)(C)Cc1ccc(F)cc1CN1CCCC1. The Kier molecular flexibility index (Phi) is 4.06. The van der Waals surface area contributed by atoms with E-state index in [1.807, 2.05) is 6.07 Å². The van der Waals surface area contributed by atoms with E-state index in [9.17, 15) is 4.39 Å². The maximum absolute atomic E-state index is 13.4. The Morgan fingerprint density at radius 3 is 2.39 bits per heavy atom. The summed E-state index contributed by atoms with van der Waals surface area (Å²) in [5.41, 5.74) is 2.72. The van der Waals surface area contributed by atoms with Gasteiger partial charge in [0, 0.05) is 6.54 Å². The van der Waals surface area contributed by atoms with Gasteiger partial charge in [0.2, 0.25) is 0 Å². The predicted molar refractivity (Wildman–Crippen MR) is 74.1 cm³/mol. The molecule has 1 aliphatic heterocycles. The lowest BCUT2D eigenvalue weighted by atomic mass is 9.86. The number of likely N-dealkylation sites (tertiary alicyclic amines) is 1. The van der Waals surface area contributed by atoms with Gasteiger partial charge in [0.05, 0.1) is 0 Å². The summed E-state index contributed by atoms with van der Waals surface area (Å²) in [6.45, 7) is 9.92. The molecule has 0 N–H and O–H groups in total. The first-order valence-electron chi connectivity index (χ1n) is 6.94. The average Bonchev–Trinajstić information content (AvgIpc) is 2.73. The van der Waals surface area contributed by atoms with Gasteiger partial charge < -0.3 is 0 Å². The highest BCUT2D eigenvalue weighted by Crippen LogP contribution is 2.25. The van der Waals surface area contributed by atoms with Crippen LogP contribution in [-0.4, -0.2) is 18.0 Å². The summed E-state index contributed by atoms with van der Waals surface area (Å²) in [5.74, 6) is -0.109. The highest BCUT2D eigenvalue weighted by Gasteiger charge is 2.17. The van der Waals surface area contributed by atoms with Crippen LogP contribution in [-0.2, 0) is 13.0 Å². The van der Waals surface area contributed by atoms with Gasteiger partial charge in [0.15, 0.2) is 0 Å². The molecular formula is C16H24FN. The minimum atomic E-state index is -0.109. The molecule has 2 rings (SSSR count). The van der Waals surface area contributed by atoms with Crippen LogP contribution in [0, 0.1) is 11.2 Å². The fourth-order valence-corrected chi connectivity index (χ4v) is 2.67. The van der Waals surface area contributed by atoms with E-state index in [0.29, 0.717) is 0 Å². The second-order valence-corrected chi connectivity index (χ2v) is 6.63. The molecule has 1 fully saturated rings. The normalized spacial score (nSPS) is 17.3. The van der Waals surface area contributed by atoms with Crippen LogP contribution in [0.1, 0.15) is 44.7 Å². The van der Waals surface area contributed by atoms with E-state index < -0.39 is 0 Å². The second-order valence-electron chi connectivity index (χ2n) is 6.63. The van der Waals surface area contributed by atoms with E-state index in [0.717, 1.165) is 26.1 Å². The van der Waals surface area contributed by atoms with Gasteiger partial charge in [-0.1, -0.05) is 26.8 Å². The topological polar surface area (TPSA) is 3.24 Å². The predicted octanol–water partition coefficient (Wildman–Crippen LogP) is 4.01.